The third-order valence-corrected chi connectivity index (χ3v) is 2.83. The maximum Gasteiger partial charge on any atom is 0.136 e. The lowest BCUT2D eigenvalue weighted by molar-refractivity contribution is 1.33. The van der Waals surface area contributed by atoms with Crippen LogP contribution in [0, 0.1) is 0 Å². The van der Waals surface area contributed by atoms with Gasteiger partial charge in [-0.2, -0.15) is 0 Å². The maximum atomic E-state index is 6.07. The minimum Gasteiger partial charge on any atom is -0.244 e. The van der Waals surface area contributed by atoms with E-state index in [0.717, 1.165) is 11.1 Å². The zero-order valence-electron chi connectivity index (χ0n) is 7.55. The van der Waals surface area contributed by atoms with Crippen molar-refractivity contribution in [3.8, 4) is 11.1 Å². The molecule has 4 heteroatoms. The van der Waals surface area contributed by atoms with Gasteiger partial charge in [0.15, 0.2) is 0 Å². The van der Waals surface area contributed by atoms with Gasteiger partial charge in [-0.3, -0.25) is 0 Å². The largest absolute Gasteiger partial charge is 0.244 e. The first-order valence-electron chi connectivity index (χ1n) is 4.24. The molecule has 0 amide bonds. The summed E-state index contributed by atoms with van der Waals surface area (Å²) in [4.78, 5) is 3.99. The van der Waals surface area contributed by atoms with Crippen LogP contribution in [0.1, 0.15) is 0 Å². The number of nitrogens with zero attached hydrogens (tertiary/aromatic N) is 1. The molecule has 0 spiro atoms. The quantitative estimate of drug-likeness (QED) is 0.675. The van der Waals surface area contributed by atoms with Crippen molar-refractivity contribution in [2.45, 2.75) is 0 Å². The third kappa shape index (κ3) is 2.25. The van der Waals surface area contributed by atoms with Crippen LogP contribution in [0.5, 0.6) is 0 Å². The molecule has 1 heterocycles. The molecule has 1 nitrogen and oxygen atoms in total. The molecule has 0 radical (unpaired) electrons. The summed E-state index contributed by atoms with van der Waals surface area (Å²) in [6.45, 7) is 0. The molecule has 0 aliphatic heterocycles. The second-order valence-electron chi connectivity index (χ2n) is 2.97. The Balaban J connectivity index is 2.60. The molecular formula is C11H6Cl3N. The molecule has 0 unspecified atom stereocenters. The Morgan fingerprint density at radius 1 is 0.933 bits per heavy atom. The second-order valence-corrected chi connectivity index (χ2v) is 4.17. The van der Waals surface area contributed by atoms with Crippen molar-refractivity contribution in [3.63, 3.8) is 0 Å². The van der Waals surface area contributed by atoms with Crippen LogP contribution in [0.15, 0.2) is 36.5 Å². The Morgan fingerprint density at radius 3 is 2.40 bits per heavy atom. The summed E-state index contributed by atoms with van der Waals surface area (Å²) in [5, 5.41) is 1.60. The van der Waals surface area contributed by atoms with E-state index < -0.39 is 0 Å². The van der Waals surface area contributed by atoms with Crippen LogP contribution in [0.4, 0.5) is 0 Å². The number of halogens is 3. The fourth-order valence-electron chi connectivity index (χ4n) is 1.29. The molecule has 0 fully saturated rings. The van der Waals surface area contributed by atoms with Gasteiger partial charge in [-0.1, -0.05) is 40.9 Å². The molecule has 15 heavy (non-hydrogen) atoms. The topological polar surface area (TPSA) is 12.9 Å². The van der Waals surface area contributed by atoms with Crippen LogP contribution >= 0.6 is 34.8 Å². The van der Waals surface area contributed by atoms with E-state index in [1.165, 1.54) is 0 Å². The van der Waals surface area contributed by atoms with E-state index in [4.69, 9.17) is 34.8 Å². The van der Waals surface area contributed by atoms with E-state index in [0.29, 0.717) is 15.2 Å². The molecule has 2 aromatic rings. The predicted octanol–water partition coefficient (Wildman–Crippen LogP) is 4.71. The lowest BCUT2D eigenvalue weighted by atomic mass is 10.1. The van der Waals surface area contributed by atoms with Crippen LogP contribution in [-0.4, -0.2) is 4.98 Å². The summed E-state index contributed by atoms with van der Waals surface area (Å²) in [6, 6.07) is 8.96. The Hall–Kier alpha value is -0.760. The molecule has 0 aliphatic rings. The summed E-state index contributed by atoms with van der Waals surface area (Å²) in [5.41, 5.74) is 1.64. The van der Waals surface area contributed by atoms with Gasteiger partial charge < -0.3 is 0 Å². The number of pyridine rings is 1. The van der Waals surface area contributed by atoms with Gasteiger partial charge in [0.25, 0.3) is 0 Å². The summed E-state index contributed by atoms with van der Waals surface area (Å²) in [7, 11) is 0. The summed E-state index contributed by atoms with van der Waals surface area (Å²) in [6.07, 6.45) is 1.63. The molecule has 76 valence electrons. The van der Waals surface area contributed by atoms with Crippen LogP contribution in [0.25, 0.3) is 11.1 Å². The maximum absolute atomic E-state index is 6.07. The highest BCUT2D eigenvalue weighted by molar-refractivity contribution is 6.37. The number of rotatable bonds is 1. The Bertz CT molecular complexity index is 497. The van der Waals surface area contributed by atoms with Gasteiger partial charge in [-0.05, 0) is 24.3 Å². The minimum atomic E-state index is 0.432. The lowest BCUT2D eigenvalue weighted by Crippen LogP contribution is -1.83. The van der Waals surface area contributed by atoms with E-state index in [1.54, 1.807) is 18.3 Å². The average Bonchev–Trinajstić information content (AvgIpc) is 2.20. The standard InChI is InChI=1S/C11H6Cl3N/c12-7-3-4-8(10(13)6-7)9-2-1-5-15-11(9)14/h1-6H. The average molecular weight is 259 g/mol. The van der Waals surface area contributed by atoms with E-state index in [-0.39, 0.29) is 0 Å². The fraction of sp³-hybridized carbons (Fsp3) is 0. The normalized spacial score (nSPS) is 10.3. The Kier molecular flexibility index (Phi) is 3.15. The van der Waals surface area contributed by atoms with Gasteiger partial charge in [0.1, 0.15) is 5.15 Å². The third-order valence-electron chi connectivity index (χ3n) is 1.98. The fourth-order valence-corrected chi connectivity index (χ4v) is 2.03. The van der Waals surface area contributed by atoms with Crippen LogP contribution in [-0.2, 0) is 0 Å². The van der Waals surface area contributed by atoms with Crippen molar-refractivity contribution >= 4 is 34.8 Å². The number of hydrogen-bond acceptors (Lipinski definition) is 1. The van der Waals surface area contributed by atoms with E-state index >= 15 is 0 Å². The van der Waals surface area contributed by atoms with E-state index in [1.807, 2.05) is 18.2 Å². The van der Waals surface area contributed by atoms with Crippen molar-refractivity contribution in [2.75, 3.05) is 0 Å². The second kappa shape index (κ2) is 4.40. The monoisotopic (exact) mass is 257 g/mol. The first-order valence-corrected chi connectivity index (χ1v) is 5.38. The van der Waals surface area contributed by atoms with Crippen molar-refractivity contribution in [1.82, 2.24) is 4.98 Å². The molecule has 0 atom stereocenters. The first-order chi connectivity index (χ1) is 7.18. The number of aromatic nitrogens is 1. The highest BCUT2D eigenvalue weighted by atomic mass is 35.5. The van der Waals surface area contributed by atoms with Crippen molar-refractivity contribution < 1.29 is 0 Å². The van der Waals surface area contributed by atoms with E-state index in [9.17, 15) is 0 Å². The summed E-state index contributed by atoms with van der Waals surface area (Å²) < 4.78 is 0. The van der Waals surface area contributed by atoms with Crippen molar-refractivity contribution in [2.24, 2.45) is 0 Å². The van der Waals surface area contributed by atoms with Crippen molar-refractivity contribution in [3.05, 3.63) is 51.7 Å². The lowest BCUT2D eigenvalue weighted by Gasteiger charge is -2.05. The van der Waals surface area contributed by atoms with Gasteiger partial charge in [-0.15, -0.1) is 0 Å². The molecule has 0 bridgehead atoms. The van der Waals surface area contributed by atoms with Crippen LogP contribution < -0.4 is 0 Å². The molecule has 1 aromatic heterocycles. The number of benzene rings is 1. The zero-order valence-corrected chi connectivity index (χ0v) is 9.81. The molecular weight excluding hydrogens is 252 g/mol. The highest BCUT2D eigenvalue weighted by Gasteiger charge is 2.07. The predicted molar refractivity (Wildman–Crippen MR) is 64.7 cm³/mol. The molecule has 0 saturated heterocycles. The van der Waals surface area contributed by atoms with Gasteiger partial charge >= 0.3 is 0 Å². The summed E-state index contributed by atoms with van der Waals surface area (Å²) in [5.74, 6) is 0. The molecule has 0 aliphatic carbocycles. The summed E-state index contributed by atoms with van der Waals surface area (Å²) >= 11 is 17.8. The van der Waals surface area contributed by atoms with E-state index in [2.05, 4.69) is 4.98 Å². The SMILES string of the molecule is Clc1ccc(-c2cccnc2Cl)c(Cl)c1. The molecule has 0 saturated carbocycles. The first kappa shape index (κ1) is 10.7. The zero-order chi connectivity index (χ0) is 10.8. The van der Waals surface area contributed by atoms with Crippen LogP contribution in [0.3, 0.4) is 0 Å². The number of hydrogen-bond donors (Lipinski definition) is 0. The molecule has 0 N–H and O–H groups in total. The smallest absolute Gasteiger partial charge is 0.136 e. The Morgan fingerprint density at radius 2 is 1.73 bits per heavy atom. The highest BCUT2D eigenvalue weighted by Crippen LogP contribution is 2.33. The van der Waals surface area contributed by atoms with Crippen molar-refractivity contribution in [1.29, 1.82) is 0 Å². The molecule has 2 rings (SSSR count). The minimum absolute atomic E-state index is 0.432. The van der Waals surface area contributed by atoms with Gasteiger partial charge in [0.2, 0.25) is 0 Å². The van der Waals surface area contributed by atoms with Crippen LogP contribution in [0.2, 0.25) is 15.2 Å². The van der Waals surface area contributed by atoms with Gasteiger partial charge in [-0.25, -0.2) is 4.98 Å². The van der Waals surface area contributed by atoms with Gasteiger partial charge in [0.05, 0.1) is 0 Å². The molecule has 1 aromatic carbocycles. The van der Waals surface area contributed by atoms with Gasteiger partial charge in [0, 0.05) is 27.4 Å². The Labute approximate surface area is 103 Å².